The summed E-state index contributed by atoms with van der Waals surface area (Å²) in [7, 11) is 0. The Kier molecular flexibility index (Phi) is 4.29. The molecule has 4 aromatic rings. The summed E-state index contributed by atoms with van der Waals surface area (Å²) in [6.07, 6.45) is 0. The van der Waals surface area contributed by atoms with Gasteiger partial charge in [0.15, 0.2) is 0 Å². The molecule has 7 nitrogen and oxygen atoms in total. The fraction of sp³-hybridized carbons (Fsp3) is 0.105. The fourth-order valence-electron chi connectivity index (χ4n) is 3.06. The molecule has 0 spiro atoms. The highest BCUT2D eigenvalue weighted by atomic mass is 35.5. The maximum absolute atomic E-state index is 12.4. The molecule has 0 bridgehead atoms. The van der Waals surface area contributed by atoms with E-state index in [0.717, 1.165) is 10.9 Å². The Morgan fingerprint density at radius 3 is 2.63 bits per heavy atom. The average molecular weight is 383 g/mol. The number of carbonyl (C=O) groups excluding carboxylic acids is 1. The number of H-pyrrole nitrogens is 2. The van der Waals surface area contributed by atoms with Crippen molar-refractivity contribution in [2.24, 2.45) is 0 Å². The maximum atomic E-state index is 12.4. The molecule has 0 atom stereocenters. The molecule has 2 aromatic heterocycles. The lowest BCUT2D eigenvalue weighted by Gasteiger charge is -2.10. The first-order valence-electron chi connectivity index (χ1n) is 8.32. The third kappa shape index (κ3) is 3.13. The number of hydrogen-bond acceptors (Lipinski definition) is 3. The van der Waals surface area contributed by atoms with E-state index >= 15 is 0 Å². The normalized spacial score (nSPS) is 11.1. The molecule has 27 heavy (non-hydrogen) atoms. The predicted octanol–water partition coefficient (Wildman–Crippen LogP) is 2.25. The van der Waals surface area contributed by atoms with E-state index in [9.17, 15) is 14.4 Å². The quantitative estimate of drug-likeness (QED) is 0.472. The average Bonchev–Trinajstić information content (AvgIpc) is 3.10. The van der Waals surface area contributed by atoms with Crippen LogP contribution in [0.1, 0.15) is 10.5 Å². The van der Waals surface area contributed by atoms with Gasteiger partial charge in [0.1, 0.15) is 5.69 Å². The molecular weight excluding hydrogens is 368 g/mol. The Morgan fingerprint density at radius 1 is 1.04 bits per heavy atom. The number of halogens is 1. The lowest BCUT2D eigenvalue weighted by atomic mass is 10.2. The van der Waals surface area contributed by atoms with Gasteiger partial charge >= 0.3 is 11.1 Å². The number of nitrogens with one attached hydrogen (secondary N) is 3. The van der Waals surface area contributed by atoms with Crippen LogP contribution in [0.2, 0.25) is 5.02 Å². The third-order valence-electron chi connectivity index (χ3n) is 4.36. The molecule has 0 unspecified atom stereocenters. The summed E-state index contributed by atoms with van der Waals surface area (Å²) in [5, 5.41) is 4.08. The molecule has 0 saturated heterocycles. The number of carbonyl (C=O) groups is 1. The molecule has 0 saturated carbocycles. The van der Waals surface area contributed by atoms with Crippen LogP contribution in [0.3, 0.4) is 0 Å². The van der Waals surface area contributed by atoms with Crippen LogP contribution in [-0.4, -0.2) is 27.0 Å². The van der Waals surface area contributed by atoms with Gasteiger partial charge in [-0.05, 0) is 30.3 Å². The Balaban J connectivity index is 1.54. The van der Waals surface area contributed by atoms with Crippen molar-refractivity contribution in [1.82, 2.24) is 19.9 Å². The fourth-order valence-corrected chi connectivity index (χ4v) is 3.29. The first kappa shape index (κ1) is 17.1. The first-order chi connectivity index (χ1) is 13.0. The molecule has 0 aliphatic rings. The molecule has 2 heterocycles. The van der Waals surface area contributed by atoms with Gasteiger partial charge in [-0.25, -0.2) is 0 Å². The largest absolute Gasteiger partial charge is 0.350 e. The Labute approximate surface area is 157 Å². The van der Waals surface area contributed by atoms with E-state index in [0.29, 0.717) is 21.7 Å². The first-order valence-corrected chi connectivity index (χ1v) is 8.70. The van der Waals surface area contributed by atoms with Crippen LogP contribution in [0.15, 0.2) is 58.1 Å². The van der Waals surface area contributed by atoms with Gasteiger partial charge in [-0.1, -0.05) is 29.8 Å². The summed E-state index contributed by atoms with van der Waals surface area (Å²) < 4.78 is 1.36. The van der Waals surface area contributed by atoms with Crippen molar-refractivity contribution in [3.8, 4) is 0 Å². The summed E-state index contributed by atoms with van der Waals surface area (Å²) in [5.41, 5.74) is 0.976. The van der Waals surface area contributed by atoms with Crippen molar-refractivity contribution in [3.05, 3.63) is 80.0 Å². The zero-order valence-electron chi connectivity index (χ0n) is 14.1. The summed E-state index contributed by atoms with van der Waals surface area (Å²) in [5.74, 6) is -0.315. The van der Waals surface area contributed by atoms with Crippen LogP contribution in [-0.2, 0) is 6.54 Å². The molecule has 3 N–H and O–H groups in total. The van der Waals surface area contributed by atoms with E-state index in [-0.39, 0.29) is 19.0 Å². The van der Waals surface area contributed by atoms with E-state index < -0.39 is 11.1 Å². The van der Waals surface area contributed by atoms with Crippen LogP contribution in [0, 0.1) is 0 Å². The van der Waals surface area contributed by atoms with Crippen LogP contribution >= 0.6 is 11.6 Å². The number of rotatable bonds is 4. The highest BCUT2D eigenvalue weighted by molar-refractivity contribution is 6.35. The van der Waals surface area contributed by atoms with Gasteiger partial charge in [-0.2, -0.15) is 0 Å². The van der Waals surface area contributed by atoms with E-state index in [1.165, 1.54) is 4.57 Å². The molecule has 1 amide bonds. The number of nitrogens with zero attached hydrogens (tertiary/aromatic N) is 1. The molecule has 4 rings (SSSR count). The second-order valence-electron chi connectivity index (χ2n) is 6.07. The van der Waals surface area contributed by atoms with Crippen molar-refractivity contribution < 1.29 is 4.79 Å². The van der Waals surface area contributed by atoms with Gasteiger partial charge in [0.25, 0.3) is 5.91 Å². The molecule has 0 aliphatic heterocycles. The van der Waals surface area contributed by atoms with Crippen LogP contribution in [0.5, 0.6) is 0 Å². The Morgan fingerprint density at radius 2 is 1.81 bits per heavy atom. The highest BCUT2D eigenvalue weighted by Gasteiger charge is 2.12. The molecule has 8 heteroatoms. The zero-order chi connectivity index (χ0) is 19.0. The second-order valence-corrected chi connectivity index (χ2v) is 6.48. The monoisotopic (exact) mass is 382 g/mol. The molecule has 2 aromatic carbocycles. The molecule has 0 radical (unpaired) electrons. The van der Waals surface area contributed by atoms with Crippen molar-refractivity contribution in [2.75, 3.05) is 6.54 Å². The summed E-state index contributed by atoms with van der Waals surface area (Å²) in [6, 6.07) is 14.1. The molecule has 0 aliphatic carbocycles. The van der Waals surface area contributed by atoms with E-state index in [4.69, 9.17) is 11.6 Å². The minimum atomic E-state index is -0.690. The Bertz CT molecular complexity index is 1290. The number of aromatic amines is 2. The molecule has 136 valence electrons. The van der Waals surface area contributed by atoms with Crippen molar-refractivity contribution in [1.29, 1.82) is 0 Å². The standard InChI is InChI=1S/C19H15ClN4O3/c20-12-4-3-6-13-11(12)10-15(22-13)17(25)21-8-9-24-16-7-2-1-5-14(16)23-18(26)19(24)27/h1-7,10,22H,8-9H2,(H,21,25)(H,23,26). The summed E-state index contributed by atoms with van der Waals surface area (Å²) in [4.78, 5) is 41.9. The third-order valence-corrected chi connectivity index (χ3v) is 4.69. The minimum absolute atomic E-state index is 0.177. The van der Waals surface area contributed by atoms with Gasteiger partial charge < -0.3 is 19.9 Å². The number of hydrogen-bond donors (Lipinski definition) is 3. The number of aromatic nitrogens is 3. The molecular formula is C19H15ClN4O3. The van der Waals surface area contributed by atoms with Crippen molar-refractivity contribution >= 4 is 39.4 Å². The van der Waals surface area contributed by atoms with Gasteiger partial charge in [-0.15, -0.1) is 0 Å². The number of amides is 1. The lowest BCUT2D eigenvalue weighted by Crippen LogP contribution is -2.39. The number of fused-ring (bicyclic) bond motifs is 2. The summed E-state index contributed by atoms with van der Waals surface area (Å²) >= 11 is 6.12. The highest BCUT2D eigenvalue weighted by Crippen LogP contribution is 2.23. The van der Waals surface area contributed by atoms with Crippen molar-refractivity contribution in [3.63, 3.8) is 0 Å². The van der Waals surface area contributed by atoms with Gasteiger partial charge in [0, 0.05) is 29.0 Å². The number of benzene rings is 2. The summed E-state index contributed by atoms with van der Waals surface area (Å²) in [6.45, 7) is 0.366. The van der Waals surface area contributed by atoms with Gasteiger partial charge in [0.2, 0.25) is 0 Å². The van der Waals surface area contributed by atoms with E-state index in [2.05, 4.69) is 15.3 Å². The van der Waals surface area contributed by atoms with Crippen LogP contribution < -0.4 is 16.4 Å². The van der Waals surface area contributed by atoms with Crippen LogP contribution in [0.4, 0.5) is 0 Å². The van der Waals surface area contributed by atoms with Crippen LogP contribution in [0.25, 0.3) is 21.9 Å². The minimum Gasteiger partial charge on any atom is -0.350 e. The van der Waals surface area contributed by atoms with Gasteiger partial charge in [-0.3, -0.25) is 14.4 Å². The lowest BCUT2D eigenvalue weighted by molar-refractivity contribution is 0.0948. The number of para-hydroxylation sites is 2. The van der Waals surface area contributed by atoms with E-state index in [1.54, 1.807) is 42.5 Å². The zero-order valence-corrected chi connectivity index (χ0v) is 14.8. The van der Waals surface area contributed by atoms with E-state index in [1.807, 2.05) is 6.07 Å². The second kappa shape index (κ2) is 6.77. The van der Waals surface area contributed by atoms with Crippen molar-refractivity contribution in [2.45, 2.75) is 6.54 Å². The Hall–Kier alpha value is -3.32. The SMILES string of the molecule is O=C(NCCn1c(=O)c(=O)[nH]c2ccccc21)c1cc2c(Cl)cccc2[nH]1. The smallest absolute Gasteiger partial charge is 0.316 e. The predicted molar refractivity (Wildman–Crippen MR) is 104 cm³/mol. The topological polar surface area (TPSA) is 99.8 Å². The molecule has 0 fully saturated rings. The van der Waals surface area contributed by atoms with Gasteiger partial charge in [0.05, 0.1) is 11.0 Å². The maximum Gasteiger partial charge on any atom is 0.316 e.